The van der Waals surface area contributed by atoms with E-state index in [1.54, 1.807) is 12.4 Å². The van der Waals surface area contributed by atoms with Gasteiger partial charge in [-0.3, -0.25) is 39.0 Å². The number of nitrogens with zero attached hydrogens (tertiary/aromatic N) is 6. The number of piperidine rings is 1. The zero-order valence-electron chi connectivity index (χ0n) is 36.1. The Labute approximate surface area is 368 Å². The first-order valence-corrected chi connectivity index (χ1v) is 22.6. The number of nitrogens with one attached hydrogen (secondary N) is 1. The lowest BCUT2D eigenvalue weighted by Crippen LogP contribution is -2.54. The number of rotatable bonds is 19. The molecule has 7 rings (SSSR count). The monoisotopic (exact) mass is 867 g/mol. The number of ether oxygens (including phenoxy) is 1. The molecule has 14 nitrogen and oxygen atoms in total. The molecule has 4 aliphatic rings. The molecule has 4 atom stereocenters. The third-order valence-electron chi connectivity index (χ3n) is 12.8. The topological polar surface area (TPSA) is 162 Å². The van der Waals surface area contributed by atoms with Crippen molar-refractivity contribution in [3.63, 3.8) is 0 Å². The second kappa shape index (κ2) is 20.3. The summed E-state index contributed by atoms with van der Waals surface area (Å²) in [7, 11) is 2.09. The predicted octanol–water partition coefficient (Wildman–Crippen LogP) is 6.28. The van der Waals surface area contributed by atoms with E-state index in [2.05, 4.69) is 41.0 Å². The number of Topliss-reactive ketones (excluding diaryl/α,β-unsaturated/α-hetero) is 1. The van der Waals surface area contributed by atoms with Crippen LogP contribution in [0.1, 0.15) is 140 Å². The van der Waals surface area contributed by atoms with E-state index in [0.29, 0.717) is 42.9 Å². The minimum Gasteiger partial charge on any atom is -0.485 e. The number of piperazine rings is 1. The van der Waals surface area contributed by atoms with E-state index in [-0.39, 0.29) is 53.9 Å². The van der Waals surface area contributed by atoms with Gasteiger partial charge in [0.1, 0.15) is 30.5 Å². The predicted molar refractivity (Wildman–Crippen MR) is 235 cm³/mol. The Morgan fingerprint density at radius 3 is 2.32 bits per heavy atom. The van der Waals surface area contributed by atoms with Crippen molar-refractivity contribution in [1.29, 1.82) is 0 Å². The lowest BCUT2D eigenvalue weighted by atomic mass is 9.96. The summed E-state index contributed by atoms with van der Waals surface area (Å²) in [6, 6.07) is 11.2. The van der Waals surface area contributed by atoms with Crippen LogP contribution in [-0.4, -0.2) is 119 Å². The second-order valence-corrected chi connectivity index (χ2v) is 17.8. The van der Waals surface area contributed by atoms with E-state index in [1.165, 1.54) is 23.4 Å². The molecular formula is C47H58ClN7O7. The molecule has 1 aliphatic carbocycles. The number of unbranched alkanes of at least 4 members (excludes halogenated alkanes) is 6. The molecule has 0 spiro atoms. The summed E-state index contributed by atoms with van der Waals surface area (Å²) >= 11 is 6.25. The fourth-order valence-electron chi connectivity index (χ4n) is 9.48. The first-order valence-electron chi connectivity index (χ1n) is 22.2. The number of hydrogen-bond donors (Lipinski definition) is 1. The van der Waals surface area contributed by atoms with Gasteiger partial charge in [-0.15, -0.1) is 0 Å². The van der Waals surface area contributed by atoms with Crippen molar-refractivity contribution in [2.24, 2.45) is 0 Å². The van der Waals surface area contributed by atoms with E-state index in [9.17, 15) is 28.8 Å². The molecule has 2 fully saturated rings. The van der Waals surface area contributed by atoms with Crippen molar-refractivity contribution >= 4 is 52.7 Å². The highest BCUT2D eigenvalue weighted by Crippen LogP contribution is 2.44. The normalized spacial score (nSPS) is 20.4. The molecule has 4 heterocycles. The SMILES string of the molecule is C[C@@H]1C[C@@H](C)c2c1ncnc2N1CCN(C(=O)[C@H](CN(C)CCCCCCCCCC(=O)COc2cccc3c2C(=O)N(C2CCC(=O)NC2=O)C3=O)c2ccc(Cl)cc2)CC1. The molecule has 15 heteroatoms. The number of halogens is 1. The molecule has 5 amide bonds. The van der Waals surface area contributed by atoms with Gasteiger partial charge < -0.3 is 19.4 Å². The van der Waals surface area contributed by atoms with Gasteiger partial charge in [0, 0.05) is 56.2 Å². The smallest absolute Gasteiger partial charge is 0.266 e. The molecule has 1 unspecified atom stereocenters. The summed E-state index contributed by atoms with van der Waals surface area (Å²) < 4.78 is 5.75. The van der Waals surface area contributed by atoms with Crippen LogP contribution in [0, 0.1) is 0 Å². The minimum atomic E-state index is -1.07. The van der Waals surface area contributed by atoms with Gasteiger partial charge in [-0.25, -0.2) is 9.97 Å². The van der Waals surface area contributed by atoms with Gasteiger partial charge in [-0.1, -0.05) is 75.8 Å². The number of anilines is 1. The lowest BCUT2D eigenvalue weighted by molar-refractivity contribution is -0.136. The van der Waals surface area contributed by atoms with Crippen LogP contribution in [0.25, 0.3) is 0 Å². The molecular weight excluding hydrogens is 810 g/mol. The van der Waals surface area contributed by atoms with Gasteiger partial charge in [-0.05, 0) is 80.9 Å². The number of ketones is 1. The molecule has 2 aromatic carbocycles. The molecule has 1 aromatic heterocycles. The van der Waals surface area contributed by atoms with Crippen molar-refractivity contribution in [2.45, 2.75) is 108 Å². The average Bonchev–Trinajstić information content (AvgIpc) is 3.71. The summed E-state index contributed by atoms with van der Waals surface area (Å²) in [6.45, 7) is 8.54. The highest BCUT2D eigenvalue weighted by Gasteiger charge is 2.46. The van der Waals surface area contributed by atoms with E-state index in [0.717, 1.165) is 87.3 Å². The van der Waals surface area contributed by atoms with Crippen LogP contribution < -0.4 is 15.0 Å². The molecule has 330 valence electrons. The maximum atomic E-state index is 14.2. The first kappa shape index (κ1) is 44.8. The third kappa shape index (κ3) is 10.2. The summed E-state index contributed by atoms with van der Waals surface area (Å²) in [4.78, 5) is 94.1. The summed E-state index contributed by atoms with van der Waals surface area (Å²) in [5.74, 6) is -0.640. The number of benzene rings is 2. The third-order valence-corrected chi connectivity index (χ3v) is 13.1. The molecule has 0 radical (unpaired) electrons. The highest BCUT2D eigenvalue weighted by atomic mass is 35.5. The summed E-state index contributed by atoms with van der Waals surface area (Å²) in [5, 5.41) is 2.84. The van der Waals surface area contributed by atoms with Crippen LogP contribution in [-0.2, 0) is 19.2 Å². The minimum absolute atomic E-state index is 0.0311. The molecule has 2 saturated heterocycles. The Morgan fingerprint density at radius 1 is 0.887 bits per heavy atom. The van der Waals surface area contributed by atoms with Crippen LogP contribution in [0.3, 0.4) is 0 Å². The number of amides is 5. The number of aromatic nitrogens is 2. The van der Waals surface area contributed by atoms with E-state index >= 15 is 0 Å². The fraction of sp³-hybridized carbons (Fsp3) is 0.532. The van der Waals surface area contributed by atoms with E-state index in [1.807, 2.05) is 29.2 Å². The Bertz CT molecular complexity index is 2160. The number of fused-ring (bicyclic) bond motifs is 2. The van der Waals surface area contributed by atoms with Crippen LogP contribution in [0.5, 0.6) is 5.75 Å². The zero-order valence-corrected chi connectivity index (χ0v) is 36.8. The number of carbonyl (C=O) groups is 6. The zero-order chi connectivity index (χ0) is 43.9. The number of imide groups is 2. The standard InChI is InChI=1S/C47H58ClN7O7/c1-30-26-31(2)42-40(30)43(50-29-49-42)53-22-24-54(25-23-53)45(59)36(32-15-17-33(48)18-16-32)27-52(3)21-10-8-6-4-5-7-9-12-34(56)28-62-38-14-11-13-35-41(38)47(61)55(46(35)60)37-19-20-39(57)51-44(37)58/h11,13-18,29-31,36-37H,4-10,12,19-28H2,1-3H3,(H,51,57,58)/t30-,31-,36-,37?/m1/s1. The van der Waals surface area contributed by atoms with Crippen molar-refractivity contribution < 1.29 is 33.5 Å². The lowest BCUT2D eigenvalue weighted by Gasteiger charge is -2.38. The van der Waals surface area contributed by atoms with Gasteiger partial charge in [0.15, 0.2) is 5.78 Å². The molecule has 3 aromatic rings. The maximum Gasteiger partial charge on any atom is 0.266 e. The first-order chi connectivity index (χ1) is 29.9. The van der Waals surface area contributed by atoms with Crippen molar-refractivity contribution in [1.82, 2.24) is 30.0 Å². The number of likely N-dealkylation sites (N-methyl/N-ethyl adjacent to an activating group) is 1. The number of carbonyl (C=O) groups excluding carboxylic acids is 6. The van der Waals surface area contributed by atoms with Gasteiger partial charge in [0.2, 0.25) is 17.7 Å². The average molecular weight is 868 g/mol. The summed E-state index contributed by atoms with van der Waals surface area (Å²) in [5.41, 5.74) is 3.56. The maximum absolute atomic E-state index is 14.2. The van der Waals surface area contributed by atoms with Crippen molar-refractivity contribution in [3.8, 4) is 5.75 Å². The largest absolute Gasteiger partial charge is 0.485 e. The Balaban J connectivity index is 0.794. The van der Waals surface area contributed by atoms with Gasteiger partial charge >= 0.3 is 0 Å². The van der Waals surface area contributed by atoms with Gasteiger partial charge in [0.25, 0.3) is 11.8 Å². The second-order valence-electron chi connectivity index (χ2n) is 17.4. The van der Waals surface area contributed by atoms with Gasteiger partial charge in [0.05, 0.1) is 22.7 Å². The Hall–Kier alpha value is -5.21. The molecule has 1 N–H and O–H groups in total. The van der Waals surface area contributed by atoms with Crippen LogP contribution in [0.15, 0.2) is 48.8 Å². The van der Waals surface area contributed by atoms with E-state index < -0.39 is 29.7 Å². The number of hydrogen-bond acceptors (Lipinski definition) is 11. The van der Waals surface area contributed by atoms with Gasteiger partial charge in [-0.2, -0.15) is 0 Å². The molecule has 0 saturated carbocycles. The van der Waals surface area contributed by atoms with Crippen molar-refractivity contribution in [3.05, 3.63) is 81.8 Å². The Kier molecular flexibility index (Phi) is 14.7. The fourth-order valence-corrected chi connectivity index (χ4v) is 9.61. The highest BCUT2D eigenvalue weighted by molar-refractivity contribution is 6.30. The molecule has 3 aliphatic heterocycles. The molecule has 0 bridgehead atoms. The van der Waals surface area contributed by atoms with Crippen molar-refractivity contribution in [2.75, 3.05) is 57.8 Å². The summed E-state index contributed by atoms with van der Waals surface area (Å²) in [6.07, 6.45) is 10.1. The van der Waals surface area contributed by atoms with E-state index in [4.69, 9.17) is 21.3 Å². The molecule has 62 heavy (non-hydrogen) atoms. The van der Waals surface area contributed by atoms with Crippen LogP contribution in [0.2, 0.25) is 5.02 Å². The Morgan fingerprint density at radius 2 is 1.60 bits per heavy atom. The van der Waals surface area contributed by atoms with Crippen LogP contribution >= 0.6 is 11.6 Å². The quantitative estimate of drug-likeness (QED) is 0.107. The van der Waals surface area contributed by atoms with Crippen LogP contribution in [0.4, 0.5) is 5.82 Å².